The van der Waals surface area contributed by atoms with Crippen LogP contribution >= 0.6 is 0 Å². The zero-order chi connectivity index (χ0) is 17.2. The van der Waals surface area contributed by atoms with Crippen LogP contribution in [0.2, 0.25) is 0 Å². The smallest absolute Gasteiger partial charge is 0.162 e. The second-order valence-electron chi connectivity index (χ2n) is 7.01. The van der Waals surface area contributed by atoms with E-state index in [2.05, 4.69) is 16.7 Å². The standard InChI is InChI=1S/C20H27N3O2/c1-24-18-11-15-17(12-19(18)25-2)23-16-7-3-6-14(16)20(15)22-13-5-4-9-21-10-8-13/h11-13,21H,3-10H2,1-2H3,(H,22,23)/t13-/m0/s1. The van der Waals surface area contributed by atoms with Crippen molar-refractivity contribution in [2.24, 2.45) is 0 Å². The van der Waals surface area contributed by atoms with Crippen LogP contribution in [0.25, 0.3) is 10.9 Å². The highest BCUT2D eigenvalue weighted by Crippen LogP contribution is 2.40. The Morgan fingerprint density at radius 1 is 1.04 bits per heavy atom. The molecule has 2 aromatic rings. The summed E-state index contributed by atoms with van der Waals surface area (Å²) in [5, 5.41) is 8.52. The van der Waals surface area contributed by atoms with Crippen molar-refractivity contribution in [2.45, 2.75) is 44.6 Å². The van der Waals surface area contributed by atoms with Crippen LogP contribution in [0.1, 0.15) is 36.9 Å². The molecule has 0 bridgehead atoms. The molecule has 1 aliphatic heterocycles. The third-order valence-corrected chi connectivity index (χ3v) is 5.44. The van der Waals surface area contributed by atoms with Crippen LogP contribution in [-0.2, 0) is 12.8 Å². The number of hydrogen-bond donors (Lipinski definition) is 2. The summed E-state index contributed by atoms with van der Waals surface area (Å²) < 4.78 is 11.0. The molecule has 5 heteroatoms. The number of rotatable bonds is 4. The van der Waals surface area contributed by atoms with E-state index in [1.54, 1.807) is 14.2 Å². The molecule has 1 atom stereocenters. The molecule has 1 aromatic heterocycles. The molecule has 2 N–H and O–H groups in total. The molecule has 0 spiro atoms. The number of ether oxygens (including phenoxy) is 2. The van der Waals surface area contributed by atoms with Gasteiger partial charge in [0.15, 0.2) is 11.5 Å². The number of aryl methyl sites for hydroxylation is 1. The van der Waals surface area contributed by atoms with Crippen LogP contribution in [0, 0.1) is 0 Å². The van der Waals surface area contributed by atoms with Crippen molar-refractivity contribution < 1.29 is 9.47 Å². The largest absolute Gasteiger partial charge is 0.493 e. The predicted octanol–water partition coefficient (Wildman–Crippen LogP) is 3.29. The van der Waals surface area contributed by atoms with Crippen molar-refractivity contribution in [1.82, 2.24) is 10.3 Å². The van der Waals surface area contributed by atoms with Gasteiger partial charge >= 0.3 is 0 Å². The second-order valence-corrected chi connectivity index (χ2v) is 7.01. The molecule has 4 rings (SSSR count). The van der Waals surface area contributed by atoms with Gasteiger partial charge in [-0.2, -0.15) is 0 Å². The Balaban J connectivity index is 1.82. The number of anilines is 1. The Morgan fingerprint density at radius 3 is 2.72 bits per heavy atom. The maximum absolute atomic E-state index is 5.54. The number of nitrogens with zero attached hydrogens (tertiary/aromatic N) is 1. The second kappa shape index (κ2) is 7.08. The van der Waals surface area contributed by atoms with Crippen LogP contribution in [0.15, 0.2) is 12.1 Å². The molecule has 1 aliphatic carbocycles. The maximum Gasteiger partial charge on any atom is 0.162 e. The first-order chi connectivity index (χ1) is 12.3. The quantitative estimate of drug-likeness (QED) is 0.894. The van der Waals surface area contributed by atoms with E-state index in [-0.39, 0.29) is 0 Å². The van der Waals surface area contributed by atoms with E-state index in [1.165, 1.54) is 36.2 Å². The summed E-state index contributed by atoms with van der Waals surface area (Å²) >= 11 is 0. The minimum absolute atomic E-state index is 0.512. The topological polar surface area (TPSA) is 55.4 Å². The number of benzene rings is 1. The molecule has 1 fully saturated rings. The van der Waals surface area contributed by atoms with Crippen molar-refractivity contribution in [3.05, 3.63) is 23.4 Å². The van der Waals surface area contributed by atoms with E-state index in [9.17, 15) is 0 Å². The lowest BCUT2D eigenvalue weighted by Gasteiger charge is -2.22. The monoisotopic (exact) mass is 341 g/mol. The first-order valence-electron chi connectivity index (χ1n) is 9.35. The summed E-state index contributed by atoms with van der Waals surface area (Å²) in [6, 6.07) is 4.60. The molecule has 0 radical (unpaired) electrons. The maximum atomic E-state index is 5.54. The molecular weight excluding hydrogens is 314 g/mol. The van der Waals surface area contributed by atoms with Gasteiger partial charge in [-0.3, -0.25) is 4.98 Å². The Labute approximate surface area is 149 Å². The average molecular weight is 341 g/mol. The molecule has 2 aliphatic rings. The van der Waals surface area contributed by atoms with E-state index in [0.29, 0.717) is 6.04 Å². The number of nitrogens with one attached hydrogen (secondary N) is 2. The fourth-order valence-corrected chi connectivity index (χ4v) is 4.12. The molecule has 0 amide bonds. The third kappa shape index (κ3) is 3.13. The highest BCUT2D eigenvalue weighted by molar-refractivity contribution is 5.96. The molecular formula is C20H27N3O2. The van der Waals surface area contributed by atoms with Crippen LogP contribution in [0.5, 0.6) is 11.5 Å². The molecule has 25 heavy (non-hydrogen) atoms. The highest BCUT2D eigenvalue weighted by atomic mass is 16.5. The lowest BCUT2D eigenvalue weighted by atomic mass is 10.0. The normalized spacial score (nSPS) is 20.2. The third-order valence-electron chi connectivity index (χ3n) is 5.44. The van der Waals surface area contributed by atoms with Crippen LogP contribution in [0.4, 0.5) is 5.69 Å². The Bertz CT molecular complexity index is 767. The molecule has 1 aromatic carbocycles. The lowest BCUT2D eigenvalue weighted by Crippen LogP contribution is -2.22. The average Bonchev–Trinajstić information content (AvgIpc) is 2.95. The fourth-order valence-electron chi connectivity index (χ4n) is 4.12. The van der Waals surface area contributed by atoms with Crippen LogP contribution in [-0.4, -0.2) is 38.3 Å². The SMILES string of the molecule is COc1cc2nc3c(c(N[C@H]4CCCNCC4)c2cc1OC)CCC3. The molecule has 1 saturated heterocycles. The van der Waals surface area contributed by atoms with Gasteiger partial charge in [-0.1, -0.05) is 0 Å². The first-order valence-corrected chi connectivity index (χ1v) is 9.35. The van der Waals surface area contributed by atoms with Gasteiger partial charge in [-0.25, -0.2) is 0 Å². The van der Waals surface area contributed by atoms with Gasteiger partial charge in [0.1, 0.15) is 0 Å². The highest BCUT2D eigenvalue weighted by Gasteiger charge is 2.23. The molecule has 0 unspecified atom stereocenters. The van der Waals surface area contributed by atoms with Gasteiger partial charge in [0.05, 0.1) is 19.7 Å². The fraction of sp³-hybridized carbons (Fsp3) is 0.550. The van der Waals surface area contributed by atoms with Gasteiger partial charge in [-0.15, -0.1) is 0 Å². The molecule has 134 valence electrons. The first kappa shape index (κ1) is 16.5. The Morgan fingerprint density at radius 2 is 1.88 bits per heavy atom. The van der Waals surface area contributed by atoms with Gasteiger partial charge < -0.3 is 20.1 Å². The molecule has 2 heterocycles. The van der Waals surface area contributed by atoms with Gasteiger partial charge in [0.25, 0.3) is 0 Å². The van der Waals surface area contributed by atoms with Crippen molar-refractivity contribution in [3.8, 4) is 11.5 Å². The summed E-state index contributed by atoms with van der Waals surface area (Å²) in [6.07, 6.45) is 6.96. The van der Waals surface area contributed by atoms with Crippen molar-refractivity contribution >= 4 is 16.6 Å². The van der Waals surface area contributed by atoms with E-state index in [0.717, 1.165) is 54.8 Å². The Kier molecular flexibility index (Phi) is 4.66. The molecule has 0 saturated carbocycles. The van der Waals surface area contributed by atoms with Crippen molar-refractivity contribution in [1.29, 1.82) is 0 Å². The number of methoxy groups -OCH3 is 2. The van der Waals surface area contributed by atoms with Crippen LogP contribution < -0.4 is 20.1 Å². The van der Waals surface area contributed by atoms with E-state index in [4.69, 9.17) is 14.5 Å². The van der Waals surface area contributed by atoms with Crippen LogP contribution in [0.3, 0.4) is 0 Å². The van der Waals surface area contributed by atoms with Gasteiger partial charge in [0.2, 0.25) is 0 Å². The van der Waals surface area contributed by atoms with E-state index < -0.39 is 0 Å². The number of pyridine rings is 1. The van der Waals surface area contributed by atoms with E-state index >= 15 is 0 Å². The summed E-state index contributed by atoms with van der Waals surface area (Å²) in [4.78, 5) is 4.92. The zero-order valence-electron chi connectivity index (χ0n) is 15.2. The van der Waals surface area contributed by atoms with Crippen molar-refractivity contribution in [3.63, 3.8) is 0 Å². The van der Waals surface area contributed by atoms with Gasteiger partial charge in [-0.05, 0) is 63.2 Å². The Hall–Kier alpha value is -2.01. The lowest BCUT2D eigenvalue weighted by molar-refractivity contribution is 0.356. The predicted molar refractivity (Wildman–Crippen MR) is 101 cm³/mol. The minimum Gasteiger partial charge on any atom is -0.493 e. The minimum atomic E-state index is 0.512. The van der Waals surface area contributed by atoms with E-state index in [1.807, 2.05) is 6.07 Å². The number of hydrogen-bond acceptors (Lipinski definition) is 5. The number of fused-ring (bicyclic) bond motifs is 2. The summed E-state index contributed by atoms with van der Waals surface area (Å²) in [5.74, 6) is 1.50. The van der Waals surface area contributed by atoms with Gasteiger partial charge in [0, 0.05) is 28.9 Å². The zero-order valence-corrected chi connectivity index (χ0v) is 15.2. The summed E-state index contributed by atoms with van der Waals surface area (Å²) in [6.45, 7) is 2.21. The summed E-state index contributed by atoms with van der Waals surface area (Å²) in [5.41, 5.74) is 4.91. The van der Waals surface area contributed by atoms with Crippen molar-refractivity contribution in [2.75, 3.05) is 32.6 Å². The molecule has 5 nitrogen and oxygen atoms in total. The number of aromatic nitrogens is 1. The summed E-state index contributed by atoms with van der Waals surface area (Å²) in [7, 11) is 3.36.